The first-order valence-corrected chi connectivity index (χ1v) is 7.06. The Kier molecular flexibility index (Phi) is 4.59. The van der Waals surface area contributed by atoms with Crippen molar-refractivity contribution in [2.24, 2.45) is 0 Å². The van der Waals surface area contributed by atoms with E-state index in [0.717, 1.165) is 28.8 Å². The van der Waals surface area contributed by atoms with E-state index < -0.39 is 0 Å². The first-order valence-electron chi connectivity index (χ1n) is 5.39. The molecule has 4 heteroatoms. The predicted molar refractivity (Wildman–Crippen MR) is 76.2 cm³/mol. The third kappa shape index (κ3) is 4.15. The summed E-state index contributed by atoms with van der Waals surface area (Å²) in [5.74, 6) is 0. The van der Waals surface area contributed by atoms with Gasteiger partial charge in [-0.1, -0.05) is 22.0 Å². The number of anilines is 1. The smallest absolute Gasteiger partial charge is 0.0718 e. The molecule has 2 N–H and O–H groups in total. The van der Waals surface area contributed by atoms with E-state index in [1.165, 1.54) is 4.88 Å². The lowest BCUT2D eigenvalue weighted by molar-refractivity contribution is 0.124. The van der Waals surface area contributed by atoms with Gasteiger partial charge in [0.05, 0.1) is 13.2 Å². The van der Waals surface area contributed by atoms with E-state index in [-0.39, 0.29) is 0 Å². The van der Waals surface area contributed by atoms with E-state index >= 15 is 0 Å². The summed E-state index contributed by atoms with van der Waals surface area (Å²) in [5, 5.41) is 2.09. The summed E-state index contributed by atoms with van der Waals surface area (Å²) in [6.07, 6.45) is 0.973. The molecule has 0 atom stereocenters. The van der Waals surface area contributed by atoms with E-state index in [0.29, 0.717) is 6.61 Å². The Morgan fingerprint density at radius 3 is 2.88 bits per heavy atom. The summed E-state index contributed by atoms with van der Waals surface area (Å²) in [6.45, 7) is 1.35. The van der Waals surface area contributed by atoms with Crippen LogP contribution in [0.3, 0.4) is 0 Å². The normalized spacial score (nSPS) is 10.6. The number of thiophene rings is 1. The number of rotatable bonds is 5. The molecular weight excluding hydrogens is 298 g/mol. The monoisotopic (exact) mass is 311 g/mol. The molecule has 1 aromatic carbocycles. The molecule has 0 unspecified atom stereocenters. The van der Waals surface area contributed by atoms with Crippen molar-refractivity contribution in [3.63, 3.8) is 0 Å². The molecule has 0 aliphatic heterocycles. The largest absolute Gasteiger partial charge is 0.399 e. The molecule has 1 heterocycles. The van der Waals surface area contributed by atoms with Gasteiger partial charge in [0, 0.05) is 21.5 Å². The third-order valence-corrected chi connectivity index (χ3v) is 3.72. The first kappa shape index (κ1) is 12.6. The van der Waals surface area contributed by atoms with Crippen LogP contribution in [0.4, 0.5) is 5.69 Å². The number of benzene rings is 1. The van der Waals surface area contributed by atoms with Crippen molar-refractivity contribution in [1.29, 1.82) is 0 Å². The topological polar surface area (TPSA) is 35.2 Å². The van der Waals surface area contributed by atoms with Crippen molar-refractivity contribution < 1.29 is 4.74 Å². The minimum Gasteiger partial charge on any atom is -0.399 e. The van der Waals surface area contributed by atoms with Crippen LogP contribution in [0, 0.1) is 0 Å². The number of nitrogens with two attached hydrogens (primary N) is 1. The second-order valence-electron chi connectivity index (χ2n) is 3.77. The molecule has 1 aromatic heterocycles. The Bertz CT molecular complexity index is 450. The van der Waals surface area contributed by atoms with Gasteiger partial charge >= 0.3 is 0 Å². The Balaban J connectivity index is 1.78. The number of hydrogen-bond donors (Lipinski definition) is 1. The number of ether oxygens (including phenoxy) is 1. The van der Waals surface area contributed by atoms with Crippen LogP contribution in [0.15, 0.2) is 40.2 Å². The van der Waals surface area contributed by atoms with Gasteiger partial charge in [0.2, 0.25) is 0 Å². The first-order chi connectivity index (χ1) is 8.24. The summed E-state index contributed by atoms with van der Waals surface area (Å²) in [7, 11) is 0. The molecule has 0 aliphatic rings. The second-order valence-corrected chi connectivity index (χ2v) is 5.72. The summed E-state index contributed by atoms with van der Waals surface area (Å²) in [6, 6.07) is 10.0. The maximum absolute atomic E-state index is 5.76. The second kappa shape index (κ2) is 6.19. The summed E-state index contributed by atoms with van der Waals surface area (Å²) in [4.78, 5) is 1.36. The Morgan fingerprint density at radius 2 is 2.18 bits per heavy atom. The molecule has 0 radical (unpaired) electrons. The highest BCUT2D eigenvalue weighted by atomic mass is 79.9. The summed E-state index contributed by atoms with van der Waals surface area (Å²) in [5.41, 5.74) is 7.62. The van der Waals surface area contributed by atoms with Crippen LogP contribution in [0.2, 0.25) is 0 Å². The quantitative estimate of drug-likeness (QED) is 0.672. The maximum Gasteiger partial charge on any atom is 0.0718 e. The lowest BCUT2D eigenvalue weighted by Gasteiger charge is -2.05. The molecule has 90 valence electrons. The van der Waals surface area contributed by atoms with Crippen LogP contribution >= 0.6 is 27.3 Å². The van der Waals surface area contributed by atoms with Crippen LogP contribution < -0.4 is 5.73 Å². The van der Waals surface area contributed by atoms with E-state index in [1.54, 1.807) is 11.3 Å². The minimum absolute atomic E-state index is 0.606. The molecule has 0 amide bonds. The lowest BCUT2D eigenvalue weighted by atomic mass is 10.2. The Morgan fingerprint density at radius 1 is 1.29 bits per heavy atom. The molecule has 0 saturated heterocycles. The van der Waals surface area contributed by atoms with Gasteiger partial charge in [-0.3, -0.25) is 0 Å². The highest BCUT2D eigenvalue weighted by Gasteiger charge is 1.98. The van der Waals surface area contributed by atoms with Crippen LogP contribution in [-0.2, 0) is 17.8 Å². The molecule has 0 aliphatic carbocycles. The zero-order valence-electron chi connectivity index (χ0n) is 9.36. The SMILES string of the molecule is Nc1cc(Br)cc(COCCc2cccs2)c1. The van der Waals surface area contributed by atoms with Crippen molar-refractivity contribution >= 4 is 33.0 Å². The number of halogens is 1. The molecule has 0 fully saturated rings. The highest BCUT2D eigenvalue weighted by molar-refractivity contribution is 9.10. The number of hydrogen-bond acceptors (Lipinski definition) is 3. The van der Waals surface area contributed by atoms with Crippen molar-refractivity contribution in [2.45, 2.75) is 13.0 Å². The molecule has 0 saturated carbocycles. The Hall–Kier alpha value is -0.840. The standard InChI is InChI=1S/C13H14BrNOS/c14-11-6-10(7-12(15)8-11)9-16-4-3-13-2-1-5-17-13/h1-2,5-8H,3-4,9,15H2. The van der Waals surface area contributed by atoms with Gasteiger partial charge < -0.3 is 10.5 Å². The predicted octanol–water partition coefficient (Wildman–Crippen LogP) is 3.85. The van der Waals surface area contributed by atoms with E-state index in [9.17, 15) is 0 Å². The highest BCUT2D eigenvalue weighted by Crippen LogP contribution is 2.18. The van der Waals surface area contributed by atoms with E-state index in [1.807, 2.05) is 18.2 Å². The fourth-order valence-electron chi connectivity index (χ4n) is 1.58. The van der Waals surface area contributed by atoms with Gasteiger partial charge in [-0.15, -0.1) is 11.3 Å². The van der Waals surface area contributed by atoms with Crippen molar-refractivity contribution in [2.75, 3.05) is 12.3 Å². The van der Waals surface area contributed by atoms with E-state index in [2.05, 4.69) is 33.4 Å². The van der Waals surface area contributed by atoms with Crippen LogP contribution in [0.25, 0.3) is 0 Å². The Labute approximate surface area is 114 Å². The van der Waals surface area contributed by atoms with Gasteiger partial charge in [0.15, 0.2) is 0 Å². The van der Waals surface area contributed by atoms with E-state index in [4.69, 9.17) is 10.5 Å². The van der Waals surface area contributed by atoms with Crippen molar-refractivity contribution in [3.8, 4) is 0 Å². The van der Waals surface area contributed by atoms with Crippen molar-refractivity contribution in [3.05, 3.63) is 50.6 Å². The molecule has 2 nitrogen and oxygen atoms in total. The number of nitrogen functional groups attached to an aromatic ring is 1. The fraction of sp³-hybridized carbons (Fsp3) is 0.231. The van der Waals surface area contributed by atoms with Gasteiger partial charge in [0.1, 0.15) is 0 Å². The van der Waals surface area contributed by atoms with Crippen LogP contribution in [-0.4, -0.2) is 6.61 Å². The molecule has 2 aromatic rings. The van der Waals surface area contributed by atoms with Gasteiger partial charge in [0.25, 0.3) is 0 Å². The molecule has 17 heavy (non-hydrogen) atoms. The van der Waals surface area contributed by atoms with Crippen molar-refractivity contribution in [1.82, 2.24) is 0 Å². The van der Waals surface area contributed by atoms with Crippen LogP contribution in [0.1, 0.15) is 10.4 Å². The minimum atomic E-state index is 0.606. The zero-order valence-corrected chi connectivity index (χ0v) is 11.8. The lowest BCUT2D eigenvalue weighted by Crippen LogP contribution is -1.98. The molecular formula is C13H14BrNOS. The average molecular weight is 312 g/mol. The van der Waals surface area contributed by atoms with Gasteiger partial charge in [-0.05, 0) is 35.2 Å². The average Bonchev–Trinajstić information content (AvgIpc) is 2.76. The molecule has 2 rings (SSSR count). The fourth-order valence-corrected chi connectivity index (χ4v) is 2.82. The van der Waals surface area contributed by atoms with Gasteiger partial charge in [-0.25, -0.2) is 0 Å². The molecule has 0 bridgehead atoms. The van der Waals surface area contributed by atoms with Gasteiger partial charge in [-0.2, -0.15) is 0 Å². The molecule has 0 spiro atoms. The summed E-state index contributed by atoms with van der Waals surface area (Å²) >= 11 is 5.19. The maximum atomic E-state index is 5.76. The van der Waals surface area contributed by atoms with Crippen LogP contribution in [0.5, 0.6) is 0 Å². The third-order valence-electron chi connectivity index (χ3n) is 2.32. The zero-order chi connectivity index (χ0) is 12.1. The summed E-state index contributed by atoms with van der Waals surface area (Å²) < 4.78 is 6.63.